The molecule has 1 fully saturated rings. The number of fused-ring (bicyclic) bond motifs is 1. The van der Waals surface area contributed by atoms with Gasteiger partial charge in [0.25, 0.3) is 11.6 Å². The first-order valence-corrected chi connectivity index (χ1v) is 7.07. The second-order valence-corrected chi connectivity index (χ2v) is 5.45. The number of aliphatic carboxylic acids is 1. The highest BCUT2D eigenvalue weighted by molar-refractivity contribution is 5.99. The van der Waals surface area contributed by atoms with Crippen molar-refractivity contribution in [2.45, 2.75) is 18.9 Å². The number of hydrogen-bond donors (Lipinski definition) is 2. The van der Waals surface area contributed by atoms with Crippen LogP contribution >= 0.6 is 0 Å². The molecule has 23 heavy (non-hydrogen) atoms. The lowest BCUT2D eigenvalue weighted by molar-refractivity contribution is -0.385. The number of hydrogen-bond acceptors (Lipinski definition) is 6. The number of nitrogens with zero attached hydrogens (tertiary/aromatic N) is 1. The van der Waals surface area contributed by atoms with Crippen LogP contribution in [0, 0.1) is 16.0 Å². The smallest absolute Gasteiger partial charge is 0.306 e. The van der Waals surface area contributed by atoms with Crippen LogP contribution < -0.4 is 14.8 Å². The largest absolute Gasteiger partial charge is 0.486 e. The third-order valence-corrected chi connectivity index (χ3v) is 3.92. The van der Waals surface area contributed by atoms with Gasteiger partial charge in [0, 0.05) is 12.1 Å². The summed E-state index contributed by atoms with van der Waals surface area (Å²) >= 11 is 0. The standard InChI is InChI=1S/C14H14N2O7/c17-13(15-8-3-7(4-8)14(18)19)9-5-11-12(23-2-1-22-11)6-10(9)16(20)21/h5-8H,1-4H2,(H,15,17)(H,18,19). The molecule has 0 radical (unpaired) electrons. The average Bonchev–Trinajstić information content (AvgIpc) is 2.48. The zero-order valence-electron chi connectivity index (χ0n) is 12.0. The average molecular weight is 322 g/mol. The molecule has 1 heterocycles. The fourth-order valence-electron chi connectivity index (χ4n) is 2.61. The van der Waals surface area contributed by atoms with Crippen molar-refractivity contribution in [2.24, 2.45) is 5.92 Å². The Hall–Kier alpha value is -2.84. The number of ether oxygens (including phenoxy) is 2. The van der Waals surface area contributed by atoms with E-state index >= 15 is 0 Å². The number of benzene rings is 1. The lowest BCUT2D eigenvalue weighted by Gasteiger charge is -2.32. The van der Waals surface area contributed by atoms with E-state index in [9.17, 15) is 19.7 Å². The lowest BCUT2D eigenvalue weighted by atomic mass is 9.80. The summed E-state index contributed by atoms with van der Waals surface area (Å²) in [6, 6.07) is 2.16. The third kappa shape index (κ3) is 2.89. The van der Waals surface area contributed by atoms with Gasteiger partial charge in [-0.1, -0.05) is 0 Å². The van der Waals surface area contributed by atoms with E-state index in [1.54, 1.807) is 0 Å². The number of carbonyl (C=O) groups is 2. The molecule has 1 aromatic carbocycles. The van der Waals surface area contributed by atoms with E-state index in [4.69, 9.17) is 14.6 Å². The molecule has 1 aliphatic heterocycles. The molecule has 0 atom stereocenters. The molecule has 1 aliphatic carbocycles. The summed E-state index contributed by atoms with van der Waals surface area (Å²) in [4.78, 5) is 33.5. The minimum Gasteiger partial charge on any atom is -0.486 e. The van der Waals surface area contributed by atoms with Gasteiger partial charge in [-0.3, -0.25) is 19.7 Å². The number of carbonyl (C=O) groups excluding carboxylic acids is 1. The van der Waals surface area contributed by atoms with Crippen LogP contribution in [0.15, 0.2) is 12.1 Å². The van der Waals surface area contributed by atoms with Crippen molar-refractivity contribution in [1.82, 2.24) is 5.32 Å². The van der Waals surface area contributed by atoms with Crippen molar-refractivity contribution in [3.8, 4) is 11.5 Å². The monoisotopic (exact) mass is 322 g/mol. The zero-order valence-corrected chi connectivity index (χ0v) is 12.0. The Bertz CT molecular complexity index is 682. The normalized spacial score (nSPS) is 21.9. The van der Waals surface area contributed by atoms with Crippen molar-refractivity contribution < 1.29 is 29.1 Å². The number of amides is 1. The van der Waals surface area contributed by atoms with Crippen molar-refractivity contribution in [1.29, 1.82) is 0 Å². The van der Waals surface area contributed by atoms with Crippen LogP contribution in [0.3, 0.4) is 0 Å². The zero-order chi connectivity index (χ0) is 16.6. The molecule has 2 N–H and O–H groups in total. The molecule has 0 unspecified atom stereocenters. The summed E-state index contributed by atoms with van der Waals surface area (Å²) in [5.41, 5.74) is -0.501. The van der Waals surface area contributed by atoms with E-state index in [0.29, 0.717) is 19.4 Å². The van der Waals surface area contributed by atoms with Crippen LogP contribution in [-0.2, 0) is 4.79 Å². The molecule has 1 aromatic rings. The SMILES string of the molecule is O=C(NC1CC(C(=O)O)C1)c1cc2c(cc1[N+](=O)[O-])OCCO2. The minimum atomic E-state index is -0.902. The fourth-order valence-corrected chi connectivity index (χ4v) is 2.61. The van der Waals surface area contributed by atoms with Gasteiger partial charge in [-0.25, -0.2) is 0 Å². The Kier molecular flexibility index (Phi) is 3.77. The van der Waals surface area contributed by atoms with Crippen LogP contribution in [0.2, 0.25) is 0 Å². The Labute approximate surface area is 130 Å². The van der Waals surface area contributed by atoms with E-state index in [1.807, 2.05) is 0 Å². The Morgan fingerprint density at radius 3 is 2.39 bits per heavy atom. The molecule has 3 rings (SSSR count). The van der Waals surface area contributed by atoms with Gasteiger partial charge in [0.2, 0.25) is 0 Å². The van der Waals surface area contributed by atoms with Crippen LogP contribution in [-0.4, -0.2) is 41.2 Å². The van der Waals surface area contributed by atoms with E-state index in [0.717, 1.165) is 0 Å². The Morgan fingerprint density at radius 2 is 1.83 bits per heavy atom. The second-order valence-electron chi connectivity index (χ2n) is 5.45. The van der Waals surface area contributed by atoms with Gasteiger partial charge in [0.05, 0.1) is 16.9 Å². The number of nitrogens with one attached hydrogen (secondary N) is 1. The molecule has 0 saturated heterocycles. The maximum absolute atomic E-state index is 12.3. The van der Waals surface area contributed by atoms with Crippen molar-refractivity contribution in [3.05, 3.63) is 27.8 Å². The molecule has 9 heteroatoms. The summed E-state index contributed by atoms with van der Waals surface area (Å²) in [5.74, 6) is -1.49. The number of carboxylic acids is 1. The van der Waals surface area contributed by atoms with Gasteiger partial charge in [-0.05, 0) is 12.8 Å². The van der Waals surface area contributed by atoms with Crippen molar-refractivity contribution in [3.63, 3.8) is 0 Å². The highest BCUT2D eigenvalue weighted by Gasteiger charge is 2.36. The minimum absolute atomic E-state index is 0.127. The predicted octanol–water partition coefficient (Wildman–Crippen LogP) is 0.959. The lowest BCUT2D eigenvalue weighted by Crippen LogP contribution is -2.46. The van der Waals surface area contributed by atoms with Crippen LogP contribution in [0.25, 0.3) is 0 Å². The third-order valence-electron chi connectivity index (χ3n) is 3.92. The van der Waals surface area contributed by atoms with E-state index < -0.39 is 22.7 Å². The number of nitro benzene ring substituents is 1. The van der Waals surface area contributed by atoms with E-state index in [-0.39, 0.29) is 35.4 Å². The van der Waals surface area contributed by atoms with Crippen molar-refractivity contribution >= 4 is 17.6 Å². The Morgan fingerprint density at radius 1 is 1.22 bits per heavy atom. The van der Waals surface area contributed by atoms with Gasteiger partial charge in [-0.2, -0.15) is 0 Å². The quantitative estimate of drug-likeness (QED) is 0.624. The summed E-state index contributed by atoms with van der Waals surface area (Å²) in [7, 11) is 0. The molecular weight excluding hydrogens is 308 g/mol. The number of carboxylic acid groups (broad SMARTS) is 1. The predicted molar refractivity (Wildman–Crippen MR) is 75.7 cm³/mol. The highest BCUT2D eigenvalue weighted by Crippen LogP contribution is 2.37. The molecule has 0 bridgehead atoms. The maximum Gasteiger partial charge on any atom is 0.306 e. The van der Waals surface area contributed by atoms with Crippen LogP contribution in [0.4, 0.5) is 5.69 Å². The number of nitro groups is 1. The van der Waals surface area contributed by atoms with Crippen LogP contribution in [0.1, 0.15) is 23.2 Å². The summed E-state index contributed by atoms with van der Waals surface area (Å²) < 4.78 is 10.6. The van der Waals surface area contributed by atoms with Crippen molar-refractivity contribution in [2.75, 3.05) is 13.2 Å². The van der Waals surface area contributed by atoms with Gasteiger partial charge >= 0.3 is 5.97 Å². The van der Waals surface area contributed by atoms with Gasteiger partial charge in [0.15, 0.2) is 11.5 Å². The van der Waals surface area contributed by atoms with Gasteiger partial charge < -0.3 is 19.9 Å². The molecule has 0 aromatic heterocycles. The molecule has 122 valence electrons. The molecule has 1 amide bonds. The first-order valence-electron chi connectivity index (χ1n) is 7.07. The summed E-state index contributed by atoms with van der Waals surface area (Å²) in [6.07, 6.45) is 0.638. The molecule has 9 nitrogen and oxygen atoms in total. The maximum atomic E-state index is 12.3. The molecule has 1 saturated carbocycles. The fraction of sp³-hybridized carbons (Fsp3) is 0.429. The van der Waals surface area contributed by atoms with Gasteiger partial charge in [-0.15, -0.1) is 0 Å². The molecule has 2 aliphatic rings. The Balaban J connectivity index is 1.79. The second kappa shape index (κ2) is 5.75. The summed E-state index contributed by atoms with van der Waals surface area (Å²) in [6.45, 7) is 0.586. The molecular formula is C14H14N2O7. The first-order chi connectivity index (χ1) is 11.0. The highest BCUT2D eigenvalue weighted by atomic mass is 16.6. The topological polar surface area (TPSA) is 128 Å². The van der Waals surface area contributed by atoms with E-state index in [2.05, 4.69) is 5.32 Å². The summed E-state index contributed by atoms with van der Waals surface area (Å²) in [5, 5.41) is 22.6. The van der Waals surface area contributed by atoms with Gasteiger partial charge in [0.1, 0.15) is 18.8 Å². The number of rotatable bonds is 4. The van der Waals surface area contributed by atoms with Crippen LogP contribution in [0.5, 0.6) is 11.5 Å². The molecule has 0 spiro atoms. The van der Waals surface area contributed by atoms with E-state index in [1.165, 1.54) is 12.1 Å². The first kappa shape index (κ1) is 15.1.